The number of nitrogens with one attached hydrogen (secondary N) is 2. The van der Waals surface area contributed by atoms with E-state index in [0.717, 1.165) is 16.7 Å². The molecule has 0 saturated heterocycles. The summed E-state index contributed by atoms with van der Waals surface area (Å²) in [7, 11) is 0. The lowest BCUT2D eigenvalue weighted by atomic mass is 10.1. The molecule has 0 fully saturated rings. The van der Waals surface area contributed by atoms with Crippen LogP contribution >= 0.6 is 0 Å². The lowest BCUT2D eigenvalue weighted by molar-refractivity contribution is -0.122. The number of aromatic nitrogens is 2. The number of benzene rings is 2. The molecule has 2 aromatic carbocycles. The van der Waals surface area contributed by atoms with Crippen LogP contribution < -0.4 is 16.4 Å². The zero-order chi connectivity index (χ0) is 21.5. The van der Waals surface area contributed by atoms with Crippen molar-refractivity contribution in [3.63, 3.8) is 0 Å². The summed E-state index contributed by atoms with van der Waals surface area (Å²) in [5.41, 5.74) is 2.15. The maximum atomic E-state index is 12.3. The second-order valence-electron chi connectivity index (χ2n) is 6.97. The van der Waals surface area contributed by atoms with Gasteiger partial charge in [-0.1, -0.05) is 44.2 Å². The predicted molar refractivity (Wildman–Crippen MR) is 113 cm³/mol. The van der Waals surface area contributed by atoms with Crippen LogP contribution in [0.4, 0.5) is 5.69 Å². The maximum absolute atomic E-state index is 12.3. The fraction of sp³-hybridized carbons (Fsp3) is 0.273. The number of anilines is 1. The summed E-state index contributed by atoms with van der Waals surface area (Å²) in [4.78, 5) is 36.2. The van der Waals surface area contributed by atoms with E-state index >= 15 is 0 Å². The number of carbonyl (C=O) groups is 2. The van der Waals surface area contributed by atoms with Crippen molar-refractivity contribution in [1.82, 2.24) is 15.1 Å². The molecule has 0 aliphatic rings. The van der Waals surface area contributed by atoms with Crippen LogP contribution in [0.1, 0.15) is 25.8 Å². The fourth-order valence-corrected chi connectivity index (χ4v) is 2.71. The van der Waals surface area contributed by atoms with E-state index in [9.17, 15) is 14.4 Å². The van der Waals surface area contributed by atoms with Crippen LogP contribution in [0.3, 0.4) is 0 Å². The van der Waals surface area contributed by atoms with Gasteiger partial charge in [-0.25, -0.2) is 4.79 Å². The normalized spacial score (nSPS) is 11.7. The molecule has 0 bridgehead atoms. The molecule has 3 aromatic rings. The molecule has 30 heavy (non-hydrogen) atoms. The summed E-state index contributed by atoms with van der Waals surface area (Å²) in [5.74, 6) is -1.02. The van der Waals surface area contributed by atoms with Gasteiger partial charge in [0.15, 0.2) is 0 Å². The van der Waals surface area contributed by atoms with E-state index in [-0.39, 0.29) is 36.7 Å². The average molecular weight is 408 g/mol. The van der Waals surface area contributed by atoms with Crippen LogP contribution in [-0.4, -0.2) is 21.6 Å². The Balaban J connectivity index is 1.58. The minimum Gasteiger partial charge on any atom is -0.388 e. The van der Waals surface area contributed by atoms with Crippen molar-refractivity contribution < 1.29 is 14.0 Å². The van der Waals surface area contributed by atoms with E-state index in [1.807, 2.05) is 32.0 Å². The number of amides is 2. The Morgan fingerprint density at radius 3 is 2.63 bits per heavy atom. The van der Waals surface area contributed by atoms with Crippen LogP contribution in [0.15, 0.2) is 63.8 Å². The van der Waals surface area contributed by atoms with Crippen LogP contribution in [-0.2, 0) is 22.7 Å². The van der Waals surface area contributed by atoms with Crippen LogP contribution in [0.2, 0.25) is 0 Å². The second kappa shape index (κ2) is 9.69. The molecular weight excluding hydrogens is 384 g/mol. The first kappa shape index (κ1) is 21.0. The molecule has 1 atom stereocenters. The summed E-state index contributed by atoms with van der Waals surface area (Å²) in [6.07, 6.45) is 0.759. The predicted octanol–water partition coefficient (Wildman–Crippen LogP) is 2.80. The molecule has 2 amide bonds. The summed E-state index contributed by atoms with van der Waals surface area (Å²) in [6.45, 7) is 3.83. The van der Waals surface area contributed by atoms with Crippen molar-refractivity contribution in [2.24, 2.45) is 5.92 Å². The molecule has 0 aliphatic heterocycles. The minimum absolute atomic E-state index is 0.0432. The van der Waals surface area contributed by atoms with Gasteiger partial charge in [0.2, 0.25) is 17.7 Å². The lowest BCUT2D eigenvalue weighted by Gasteiger charge is -2.11. The van der Waals surface area contributed by atoms with E-state index in [1.54, 1.807) is 36.4 Å². The van der Waals surface area contributed by atoms with Gasteiger partial charge in [0.1, 0.15) is 6.54 Å². The highest BCUT2D eigenvalue weighted by atomic mass is 16.4. The highest BCUT2D eigenvalue weighted by Gasteiger charge is 2.13. The summed E-state index contributed by atoms with van der Waals surface area (Å²) < 4.78 is 6.11. The van der Waals surface area contributed by atoms with Gasteiger partial charge in [0.25, 0.3) is 0 Å². The van der Waals surface area contributed by atoms with Crippen molar-refractivity contribution in [1.29, 1.82) is 0 Å². The van der Waals surface area contributed by atoms with Crippen molar-refractivity contribution in [2.75, 3.05) is 5.32 Å². The molecule has 3 rings (SSSR count). The smallest absolute Gasteiger partial charge is 0.388 e. The minimum atomic E-state index is -0.696. The third kappa shape index (κ3) is 5.44. The van der Waals surface area contributed by atoms with E-state index in [1.165, 1.54) is 0 Å². The first-order chi connectivity index (χ1) is 14.5. The first-order valence-corrected chi connectivity index (χ1v) is 9.76. The Labute approximate surface area is 173 Å². The van der Waals surface area contributed by atoms with Crippen LogP contribution in [0.25, 0.3) is 11.5 Å². The molecule has 156 valence electrons. The third-order valence-electron chi connectivity index (χ3n) is 4.66. The quantitative estimate of drug-likeness (QED) is 0.596. The Morgan fingerprint density at radius 1 is 1.13 bits per heavy atom. The van der Waals surface area contributed by atoms with Crippen molar-refractivity contribution in [3.8, 4) is 11.5 Å². The van der Waals surface area contributed by atoms with E-state index in [0.29, 0.717) is 11.3 Å². The van der Waals surface area contributed by atoms with Gasteiger partial charge in [-0.05, 0) is 36.2 Å². The standard InChI is InChI=1S/C22H24N4O4/c1-3-15(2)20(28)24-18-11-7-8-16(12-18)13-23-19(27)14-26-22(29)30-21(25-26)17-9-5-4-6-10-17/h4-12,15H,3,13-14H2,1-2H3,(H,23,27)(H,24,28)/t15-/m1/s1. The van der Waals surface area contributed by atoms with Gasteiger partial charge in [-0.15, -0.1) is 5.10 Å². The first-order valence-electron chi connectivity index (χ1n) is 9.76. The molecule has 0 saturated carbocycles. The third-order valence-corrected chi connectivity index (χ3v) is 4.66. The number of carbonyl (C=O) groups excluding carboxylic acids is 2. The van der Waals surface area contributed by atoms with Gasteiger partial charge in [-0.3, -0.25) is 9.59 Å². The average Bonchev–Trinajstić information content (AvgIpc) is 3.12. The summed E-state index contributed by atoms with van der Waals surface area (Å²) >= 11 is 0. The number of hydrogen-bond acceptors (Lipinski definition) is 5. The van der Waals surface area contributed by atoms with Crippen molar-refractivity contribution >= 4 is 17.5 Å². The fourth-order valence-electron chi connectivity index (χ4n) is 2.71. The van der Waals surface area contributed by atoms with E-state index in [2.05, 4.69) is 15.7 Å². The number of rotatable bonds is 8. The Bertz CT molecular complexity index is 1070. The number of hydrogen-bond donors (Lipinski definition) is 2. The molecule has 8 nitrogen and oxygen atoms in total. The van der Waals surface area contributed by atoms with Crippen molar-refractivity contribution in [2.45, 2.75) is 33.4 Å². The maximum Gasteiger partial charge on any atom is 0.437 e. The molecule has 0 radical (unpaired) electrons. The van der Waals surface area contributed by atoms with E-state index < -0.39 is 5.76 Å². The zero-order valence-corrected chi connectivity index (χ0v) is 16.9. The zero-order valence-electron chi connectivity index (χ0n) is 16.9. The van der Waals surface area contributed by atoms with Crippen LogP contribution in [0.5, 0.6) is 0 Å². The molecular formula is C22H24N4O4. The van der Waals surface area contributed by atoms with Gasteiger partial charge in [0.05, 0.1) is 0 Å². The lowest BCUT2D eigenvalue weighted by Crippen LogP contribution is -2.31. The number of nitrogens with zero attached hydrogens (tertiary/aromatic N) is 2. The SMILES string of the molecule is CC[C@@H](C)C(=O)Nc1cccc(CNC(=O)Cn2nc(-c3ccccc3)oc2=O)c1. The topological polar surface area (TPSA) is 106 Å². The van der Waals surface area contributed by atoms with Crippen molar-refractivity contribution in [3.05, 3.63) is 70.7 Å². The molecule has 0 spiro atoms. The highest BCUT2D eigenvalue weighted by Crippen LogP contribution is 2.14. The Kier molecular flexibility index (Phi) is 6.79. The highest BCUT2D eigenvalue weighted by molar-refractivity contribution is 5.92. The Hall–Kier alpha value is -3.68. The molecule has 2 N–H and O–H groups in total. The largest absolute Gasteiger partial charge is 0.437 e. The molecule has 1 aromatic heterocycles. The van der Waals surface area contributed by atoms with Gasteiger partial charge in [0, 0.05) is 23.7 Å². The van der Waals surface area contributed by atoms with Gasteiger partial charge < -0.3 is 15.1 Å². The van der Waals surface area contributed by atoms with Gasteiger partial charge >= 0.3 is 5.76 Å². The van der Waals surface area contributed by atoms with Gasteiger partial charge in [-0.2, -0.15) is 4.68 Å². The molecule has 1 heterocycles. The molecule has 0 aliphatic carbocycles. The van der Waals surface area contributed by atoms with E-state index in [4.69, 9.17) is 4.42 Å². The molecule has 8 heteroatoms. The second-order valence-corrected chi connectivity index (χ2v) is 6.97. The molecule has 0 unspecified atom stereocenters. The monoisotopic (exact) mass is 408 g/mol. The Morgan fingerprint density at radius 2 is 1.90 bits per heavy atom. The summed E-state index contributed by atoms with van der Waals surface area (Å²) in [5, 5.41) is 9.69. The summed E-state index contributed by atoms with van der Waals surface area (Å²) in [6, 6.07) is 16.2. The van der Waals surface area contributed by atoms with Crippen LogP contribution in [0, 0.1) is 5.92 Å².